The molecule has 0 amide bonds. The van der Waals surface area contributed by atoms with Gasteiger partial charge in [0.25, 0.3) is 5.56 Å². The molecule has 0 radical (unpaired) electrons. The number of rotatable bonds is 4. The standard InChI is InChI=1S/C14H13Cl2NO2/c1-2-9-4-3-5-10(6-9)19-8-13-11(15)7-12(16)14(18)17-13/h3-7H,2,8H2,1H3,(H,17,18). The molecule has 1 aromatic heterocycles. The molecule has 0 aliphatic rings. The molecule has 1 aromatic carbocycles. The Hall–Kier alpha value is -1.45. The van der Waals surface area contributed by atoms with Crippen LogP contribution >= 0.6 is 23.2 Å². The maximum absolute atomic E-state index is 11.4. The number of halogens is 2. The quantitative estimate of drug-likeness (QED) is 0.932. The van der Waals surface area contributed by atoms with Crippen molar-refractivity contribution in [3.63, 3.8) is 0 Å². The summed E-state index contributed by atoms with van der Waals surface area (Å²) in [6.45, 7) is 2.27. The van der Waals surface area contributed by atoms with Crippen molar-refractivity contribution in [1.29, 1.82) is 0 Å². The number of nitrogens with one attached hydrogen (secondary N) is 1. The number of aromatic amines is 1. The number of hydrogen-bond acceptors (Lipinski definition) is 2. The Bertz CT molecular complexity index is 638. The van der Waals surface area contributed by atoms with Gasteiger partial charge >= 0.3 is 0 Å². The zero-order valence-electron chi connectivity index (χ0n) is 10.4. The molecule has 0 aliphatic heterocycles. The third-order valence-electron chi connectivity index (χ3n) is 2.71. The molecule has 0 fully saturated rings. The van der Waals surface area contributed by atoms with Crippen LogP contribution in [0.2, 0.25) is 10.0 Å². The normalized spacial score (nSPS) is 10.5. The van der Waals surface area contributed by atoms with Gasteiger partial charge in [0.1, 0.15) is 17.4 Å². The van der Waals surface area contributed by atoms with E-state index in [0.29, 0.717) is 10.7 Å². The van der Waals surface area contributed by atoms with Crippen molar-refractivity contribution in [2.45, 2.75) is 20.0 Å². The lowest BCUT2D eigenvalue weighted by atomic mass is 10.2. The lowest BCUT2D eigenvalue weighted by Gasteiger charge is -2.08. The van der Waals surface area contributed by atoms with Gasteiger partial charge in [-0.15, -0.1) is 0 Å². The second-order valence-corrected chi connectivity index (χ2v) is 4.88. The van der Waals surface area contributed by atoms with Crippen molar-refractivity contribution < 1.29 is 4.74 Å². The first kappa shape index (κ1) is 14.0. The Morgan fingerprint density at radius 3 is 2.74 bits per heavy atom. The summed E-state index contributed by atoms with van der Waals surface area (Å²) in [4.78, 5) is 14.0. The molecule has 5 heteroatoms. The summed E-state index contributed by atoms with van der Waals surface area (Å²) < 4.78 is 5.61. The molecule has 0 saturated carbocycles. The fourth-order valence-corrected chi connectivity index (χ4v) is 2.06. The predicted molar refractivity (Wildman–Crippen MR) is 77.2 cm³/mol. The van der Waals surface area contributed by atoms with Crippen LogP contribution in [0.4, 0.5) is 0 Å². The Morgan fingerprint density at radius 1 is 1.21 bits per heavy atom. The van der Waals surface area contributed by atoms with Crippen LogP contribution in [0.25, 0.3) is 0 Å². The van der Waals surface area contributed by atoms with Crippen molar-refractivity contribution >= 4 is 23.2 Å². The molecule has 0 aliphatic carbocycles. The van der Waals surface area contributed by atoms with Crippen LogP contribution < -0.4 is 10.3 Å². The summed E-state index contributed by atoms with van der Waals surface area (Å²) in [5.74, 6) is 0.742. The van der Waals surface area contributed by atoms with E-state index < -0.39 is 0 Å². The highest BCUT2D eigenvalue weighted by Crippen LogP contribution is 2.19. The lowest BCUT2D eigenvalue weighted by Crippen LogP contribution is -2.11. The van der Waals surface area contributed by atoms with E-state index in [1.165, 1.54) is 11.6 Å². The van der Waals surface area contributed by atoms with E-state index in [-0.39, 0.29) is 17.2 Å². The number of ether oxygens (including phenoxy) is 1. The highest BCUT2D eigenvalue weighted by Gasteiger charge is 2.06. The fourth-order valence-electron chi connectivity index (χ4n) is 1.64. The summed E-state index contributed by atoms with van der Waals surface area (Å²) in [5, 5.41) is 0.456. The molecule has 1 N–H and O–H groups in total. The third kappa shape index (κ3) is 3.52. The molecule has 100 valence electrons. The zero-order chi connectivity index (χ0) is 13.8. The van der Waals surface area contributed by atoms with Gasteiger partial charge < -0.3 is 9.72 Å². The van der Waals surface area contributed by atoms with E-state index in [4.69, 9.17) is 27.9 Å². The van der Waals surface area contributed by atoms with Crippen molar-refractivity contribution in [2.24, 2.45) is 0 Å². The summed E-state index contributed by atoms with van der Waals surface area (Å²) in [6.07, 6.45) is 0.940. The van der Waals surface area contributed by atoms with Crippen LogP contribution in [-0.4, -0.2) is 4.98 Å². The van der Waals surface area contributed by atoms with E-state index in [0.717, 1.165) is 12.2 Å². The Morgan fingerprint density at radius 2 is 2.00 bits per heavy atom. The van der Waals surface area contributed by atoms with Gasteiger partial charge in [-0.1, -0.05) is 42.3 Å². The van der Waals surface area contributed by atoms with Crippen molar-refractivity contribution in [2.75, 3.05) is 0 Å². The third-order valence-corrected chi connectivity index (χ3v) is 3.33. The van der Waals surface area contributed by atoms with Crippen LogP contribution in [0.3, 0.4) is 0 Å². The van der Waals surface area contributed by atoms with Gasteiger partial charge in [-0.05, 0) is 30.2 Å². The van der Waals surface area contributed by atoms with Crippen molar-refractivity contribution in [1.82, 2.24) is 4.98 Å². The maximum Gasteiger partial charge on any atom is 0.267 e. The highest BCUT2D eigenvalue weighted by molar-refractivity contribution is 6.34. The van der Waals surface area contributed by atoms with Crippen molar-refractivity contribution in [3.8, 4) is 5.75 Å². The predicted octanol–water partition coefficient (Wildman–Crippen LogP) is 3.82. The molecule has 1 heterocycles. The number of benzene rings is 1. The summed E-state index contributed by atoms with van der Waals surface area (Å²) in [7, 11) is 0. The van der Waals surface area contributed by atoms with Gasteiger partial charge in [0.15, 0.2) is 0 Å². The summed E-state index contributed by atoms with van der Waals surface area (Å²) in [6, 6.07) is 9.20. The van der Waals surface area contributed by atoms with Gasteiger partial charge in [0.05, 0.1) is 10.7 Å². The minimum atomic E-state index is -0.369. The summed E-state index contributed by atoms with van der Waals surface area (Å²) >= 11 is 11.7. The summed E-state index contributed by atoms with van der Waals surface area (Å²) in [5.41, 5.74) is 1.33. The first-order valence-corrected chi connectivity index (χ1v) is 6.64. The Kier molecular flexibility index (Phi) is 4.51. The molecule has 0 spiro atoms. The van der Waals surface area contributed by atoms with Crippen molar-refractivity contribution in [3.05, 3.63) is 62.0 Å². The number of H-pyrrole nitrogens is 1. The topological polar surface area (TPSA) is 42.1 Å². The molecule has 2 aromatic rings. The van der Waals surface area contributed by atoms with E-state index >= 15 is 0 Å². The second-order valence-electron chi connectivity index (χ2n) is 4.06. The van der Waals surface area contributed by atoms with Crippen LogP contribution in [0.15, 0.2) is 35.1 Å². The van der Waals surface area contributed by atoms with E-state index in [1.54, 1.807) is 0 Å². The largest absolute Gasteiger partial charge is 0.487 e. The molecule has 19 heavy (non-hydrogen) atoms. The molecule has 0 bridgehead atoms. The van der Waals surface area contributed by atoms with E-state index in [1.807, 2.05) is 24.3 Å². The molecule has 0 unspecified atom stereocenters. The van der Waals surface area contributed by atoms with Crippen LogP contribution in [0.5, 0.6) is 5.75 Å². The Balaban J connectivity index is 2.14. The minimum absolute atomic E-state index is 0.0710. The molecule has 3 nitrogen and oxygen atoms in total. The van der Waals surface area contributed by atoms with Gasteiger partial charge in [-0.3, -0.25) is 4.79 Å². The number of aryl methyl sites for hydroxylation is 1. The van der Waals surface area contributed by atoms with Gasteiger partial charge in [-0.2, -0.15) is 0 Å². The molecule has 0 atom stereocenters. The first-order valence-electron chi connectivity index (χ1n) is 5.89. The second kappa shape index (κ2) is 6.13. The van der Waals surface area contributed by atoms with Gasteiger partial charge in [0, 0.05) is 0 Å². The first-order chi connectivity index (χ1) is 9.10. The van der Waals surface area contributed by atoms with Gasteiger partial charge in [-0.25, -0.2) is 0 Å². The molecular weight excluding hydrogens is 285 g/mol. The van der Waals surface area contributed by atoms with Crippen LogP contribution in [-0.2, 0) is 13.0 Å². The molecular formula is C14H13Cl2NO2. The average Bonchev–Trinajstić information content (AvgIpc) is 2.41. The van der Waals surface area contributed by atoms with E-state index in [9.17, 15) is 4.79 Å². The number of aromatic nitrogens is 1. The van der Waals surface area contributed by atoms with E-state index in [2.05, 4.69) is 11.9 Å². The SMILES string of the molecule is CCc1cccc(OCc2[nH]c(=O)c(Cl)cc2Cl)c1. The molecule has 0 saturated heterocycles. The average molecular weight is 298 g/mol. The van der Waals surface area contributed by atoms with Gasteiger partial charge in [0.2, 0.25) is 0 Å². The fraction of sp³-hybridized carbons (Fsp3) is 0.214. The number of hydrogen-bond donors (Lipinski definition) is 1. The smallest absolute Gasteiger partial charge is 0.267 e. The highest BCUT2D eigenvalue weighted by atomic mass is 35.5. The Labute approximate surface area is 121 Å². The van der Waals surface area contributed by atoms with Crippen LogP contribution in [0.1, 0.15) is 18.2 Å². The minimum Gasteiger partial charge on any atom is -0.487 e. The monoisotopic (exact) mass is 297 g/mol. The van der Waals surface area contributed by atoms with Crippen LogP contribution in [0, 0.1) is 0 Å². The zero-order valence-corrected chi connectivity index (χ0v) is 11.9. The molecule has 2 rings (SSSR count). The number of pyridine rings is 1. The lowest BCUT2D eigenvalue weighted by molar-refractivity contribution is 0.301. The maximum atomic E-state index is 11.4.